The first-order valence-electron chi connectivity index (χ1n) is 8.46. The van der Waals surface area contributed by atoms with E-state index in [-0.39, 0.29) is 12.4 Å². The number of carbonyl (C=O) groups excluding carboxylic acids is 1. The van der Waals surface area contributed by atoms with Gasteiger partial charge in [0.15, 0.2) is 0 Å². The molecule has 0 aliphatic heterocycles. The van der Waals surface area contributed by atoms with Gasteiger partial charge in [0.1, 0.15) is 5.78 Å². The van der Waals surface area contributed by atoms with Gasteiger partial charge in [-0.1, -0.05) is 67.6 Å². The van der Waals surface area contributed by atoms with Crippen molar-refractivity contribution in [3.05, 3.63) is 71.8 Å². The molecule has 2 nitrogen and oxygen atoms in total. The molecule has 0 fully saturated rings. The fourth-order valence-corrected chi connectivity index (χ4v) is 3.25. The minimum Gasteiger partial charge on any atom is -1.00 e. The van der Waals surface area contributed by atoms with Crippen LogP contribution >= 0.6 is 0 Å². The number of hydrogen-bond acceptors (Lipinski definition) is 1. The predicted octanol–water partition coefficient (Wildman–Crippen LogP) is -0.121. The van der Waals surface area contributed by atoms with Gasteiger partial charge < -0.3 is 17.3 Å². The van der Waals surface area contributed by atoms with Crippen LogP contribution in [0.5, 0.6) is 0 Å². The Morgan fingerprint density at radius 2 is 1.38 bits per heavy atom. The standard InChI is InChI=1S/C21H27NO.ClH/c1-5-20(23)21(16-17(2)22(3)4,18-12-8-6-9-13-18)19-14-10-7-11-15-19;/h6-15,17H,5,16H2,1-4H3;1H. The minimum absolute atomic E-state index is 0. The Balaban J connectivity index is 0.00000288. The summed E-state index contributed by atoms with van der Waals surface area (Å²) in [6.45, 7) is 4.19. The summed E-state index contributed by atoms with van der Waals surface area (Å²) in [4.78, 5) is 14.5. The highest BCUT2D eigenvalue weighted by Crippen LogP contribution is 2.38. The molecular weight excluding hydrogens is 318 g/mol. The molecule has 0 saturated carbocycles. The first-order valence-corrected chi connectivity index (χ1v) is 8.46. The van der Waals surface area contributed by atoms with Gasteiger partial charge in [-0.25, -0.2) is 0 Å². The second-order valence-electron chi connectivity index (χ2n) is 6.60. The van der Waals surface area contributed by atoms with E-state index in [0.717, 1.165) is 17.5 Å². The van der Waals surface area contributed by atoms with Crippen molar-refractivity contribution < 1.29 is 22.1 Å². The van der Waals surface area contributed by atoms with Crippen LogP contribution in [0.1, 0.15) is 37.8 Å². The average molecular weight is 346 g/mol. The maximum Gasteiger partial charge on any atom is 0.147 e. The Hall–Kier alpha value is -1.64. The van der Waals surface area contributed by atoms with E-state index in [4.69, 9.17) is 0 Å². The number of halogens is 1. The summed E-state index contributed by atoms with van der Waals surface area (Å²) in [6, 6.07) is 20.9. The van der Waals surface area contributed by atoms with Crippen molar-refractivity contribution in [3.63, 3.8) is 0 Å². The molecule has 0 aliphatic carbocycles. The van der Waals surface area contributed by atoms with E-state index < -0.39 is 5.41 Å². The van der Waals surface area contributed by atoms with E-state index >= 15 is 0 Å². The first kappa shape index (κ1) is 20.4. The molecule has 24 heavy (non-hydrogen) atoms. The molecule has 2 aromatic rings. The second kappa shape index (κ2) is 9.00. The van der Waals surface area contributed by atoms with Crippen LogP contribution < -0.4 is 17.3 Å². The number of Topliss-reactive ketones (excluding diaryl/α,β-unsaturated/α-hetero) is 1. The Kier molecular flexibility index (Phi) is 7.65. The molecule has 0 bridgehead atoms. The predicted molar refractivity (Wildman–Crippen MR) is 95.9 cm³/mol. The Morgan fingerprint density at radius 1 is 0.958 bits per heavy atom. The molecular formula is C21H28ClNO. The summed E-state index contributed by atoms with van der Waals surface area (Å²) in [6.07, 6.45) is 1.36. The topological polar surface area (TPSA) is 21.5 Å². The van der Waals surface area contributed by atoms with E-state index in [2.05, 4.69) is 45.3 Å². The first-order chi connectivity index (χ1) is 11.0. The van der Waals surface area contributed by atoms with Gasteiger partial charge >= 0.3 is 0 Å². The Morgan fingerprint density at radius 3 is 1.71 bits per heavy atom. The number of hydrogen-bond donors (Lipinski definition) is 1. The number of quaternary nitrogens is 1. The van der Waals surface area contributed by atoms with Gasteiger partial charge in [-0.2, -0.15) is 0 Å². The van der Waals surface area contributed by atoms with Crippen LogP contribution in [0.25, 0.3) is 0 Å². The third kappa shape index (κ3) is 4.06. The molecule has 0 amide bonds. The molecule has 0 aliphatic rings. The summed E-state index contributed by atoms with van der Waals surface area (Å²) in [7, 11) is 4.31. The molecule has 2 aromatic carbocycles. The Labute approximate surface area is 152 Å². The fourth-order valence-electron chi connectivity index (χ4n) is 3.25. The number of benzene rings is 2. The average Bonchev–Trinajstić information content (AvgIpc) is 2.60. The van der Waals surface area contributed by atoms with Gasteiger partial charge in [-0.05, 0) is 18.1 Å². The van der Waals surface area contributed by atoms with Gasteiger partial charge in [0.05, 0.1) is 25.6 Å². The molecule has 0 saturated heterocycles. The minimum atomic E-state index is -0.562. The molecule has 2 rings (SSSR count). The number of carbonyl (C=O) groups is 1. The van der Waals surface area contributed by atoms with Gasteiger partial charge in [-0.15, -0.1) is 0 Å². The maximum absolute atomic E-state index is 13.2. The summed E-state index contributed by atoms with van der Waals surface area (Å²) in [5.41, 5.74) is 1.64. The van der Waals surface area contributed by atoms with E-state index in [9.17, 15) is 4.79 Å². The van der Waals surface area contributed by atoms with Crippen molar-refractivity contribution in [2.45, 2.75) is 38.1 Å². The van der Waals surface area contributed by atoms with Gasteiger partial charge in [0.25, 0.3) is 0 Å². The monoisotopic (exact) mass is 345 g/mol. The molecule has 1 N–H and O–H groups in total. The van der Waals surface area contributed by atoms with Crippen molar-refractivity contribution in [1.82, 2.24) is 0 Å². The number of nitrogens with one attached hydrogen (secondary N) is 1. The number of rotatable bonds is 7. The lowest BCUT2D eigenvalue weighted by molar-refractivity contribution is -0.884. The summed E-state index contributed by atoms with van der Waals surface area (Å²) in [5, 5.41) is 0. The van der Waals surface area contributed by atoms with Crippen LogP contribution in [0.2, 0.25) is 0 Å². The second-order valence-corrected chi connectivity index (χ2v) is 6.60. The molecule has 0 aromatic heterocycles. The van der Waals surface area contributed by atoms with Crippen LogP contribution in [0, 0.1) is 0 Å². The highest BCUT2D eigenvalue weighted by Gasteiger charge is 2.42. The fraction of sp³-hybridized carbons (Fsp3) is 0.381. The summed E-state index contributed by atoms with van der Waals surface area (Å²) in [5.74, 6) is 0.294. The van der Waals surface area contributed by atoms with Crippen LogP contribution in [-0.4, -0.2) is 25.9 Å². The molecule has 0 heterocycles. The summed E-state index contributed by atoms with van der Waals surface area (Å²) >= 11 is 0. The molecule has 3 heteroatoms. The van der Waals surface area contributed by atoms with Crippen LogP contribution in [0.4, 0.5) is 0 Å². The SMILES string of the molecule is CCC(=O)C(CC(C)[NH+](C)C)(c1ccccc1)c1ccccc1.[Cl-]. The highest BCUT2D eigenvalue weighted by molar-refractivity contribution is 5.93. The van der Waals surface area contributed by atoms with E-state index in [1.165, 1.54) is 4.90 Å². The van der Waals surface area contributed by atoms with E-state index in [1.807, 2.05) is 43.3 Å². The lowest BCUT2D eigenvalue weighted by atomic mass is 9.67. The van der Waals surface area contributed by atoms with Gasteiger partial charge in [0.2, 0.25) is 0 Å². The maximum atomic E-state index is 13.2. The zero-order valence-corrected chi connectivity index (χ0v) is 15.8. The van der Waals surface area contributed by atoms with Gasteiger partial charge in [-0.3, -0.25) is 4.79 Å². The lowest BCUT2D eigenvalue weighted by Crippen LogP contribution is -3.09. The van der Waals surface area contributed by atoms with E-state index in [0.29, 0.717) is 18.2 Å². The van der Waals surface area contributed by atoms with Crippen molar-refractivity contribution in [2.75, 3.05) is 14.1 Å². The highest BCUT2D eigenvalue weighted by atomic mass is 35.5. The van der Waals surface area contributed by atoms with Gasteiger partial charge in [0, 0.05) is 12.8 Å². The van der Waals surface area contributed by atoms with Crippen LogP contribution in [-0.2, 0) is 10.2 Å². The van der Waals surface area contributed by atoms with Crippen molar-refractivity contribution in [3.8, 4) is 0 Å². The third-order valence-corrected chi connectivity index (χ3v) is 4.93. The van der Waals surface area contributed by atoms with Crippen LogP contribution in [0.15, 0.2) is 60.7 Å². The van der Waals surface area contributed by atoms with Crippen molar-refractivity contribution in [2.24, 2.45) is 0 Å². The third-order valence-electron chi connectivity index (χ3n) is 4.93. The zero-order chi connectivity index (χ0) is 16.9. The Bertz CT molecular complexity index is 585. The quantitative estimate of drug-likeness (QED) is 0.742. The lowest BCUT2D eigenvalue weighted by Gasteiger charge is -2.36. The molecule has 130 valence electrons. The molecule has 1 unspecified atom stereocenters. The molecule has 1 atom stereocenters. The largest absolute Gasteiger partial charge is 1.00 e. The summed E-state index contributed by atoms with van der Waals surface area (Å²) < 4.78 is 0. The zero-order valence-electron chi connectivity index (χ0n) is 15.1. The number of ketones is 1. The van der Waals surface area contributed by atoms with Crippen LogP contribution in [0.3, 0.4) is 0 Å². The van der Waals surface area contributed by atoms with Crippen molar-refractivity contribution >= 4 is 5.78 Å². The molecule has 0 radical (unpaired) electrons. The van der Waals surface area contributed by atoms with Crippen molar-refractivity contribution in [1.29, 1.82) is 0 Å². The molecule has 0 spiro atoms. The normalized spacial score (nSPS) is 12.5. The smallest absolute Gasteiger partial charge is 0.147 e. The van der Waals surface area contributed by atoms with E-state index in [1.54, 1.807) is 0 Å².